The molecule has 1 fully saturated rings. The average Bonchev–Trinajstić information content (AvgIpc) is 3.20. The fraction of sp³-hybridized carbons (Fsp3) is 0.417. The molecule has 3 heterocycles. The summed E-state index contributed by atoms with van der Waals surface area (Å²) in [5, 5.41) is 1.06. The van der Waals surface area contributed by atoms with E-state index in [-0.39, 0.29) is 12.5 Å². The third kappa shape index (κ3) is 4.49. The molecule has 1 saturated heterocycles. The Hall–Kier alpha value is -3.23. The van der Waals surface area contributed by atoms with Gasteiger partial charge in [0.1, 0.15) is 22.9 Å². The topological polar surface area (TPSA) is 58.8 Å². The van der Waals surface area contributed by atoms with Gasteiger partial charge >= 0.3 is 6.18 Å². The molecule has 3 aromatic rings. The van der Waals surface area contributed by atoms with E-state index >= 15 is 0 Å². The molecule has 2 aromatic heterocycles. The van der Waals surface area contributed by atoms with Gasteiger partial charge in [0.2, 0.25) is 0 Å². The van der Waals surface area contributed by atoms with Crippen LogP contribution in [0.2, 0.25) is 0 Å². The zero-order valence-corrected chi connectivity index (χ0v) is 18.0. The number of hydrogen-bond donors (Lipinski definition) is 0. The quantitative estimate of drug-likeness (QED) is 0.577. The number of halogens is 3. The minimum atomic E-state index is -4.40. The van der Waals surface area contributed by atoms with Gasteiger partial charge in [0.25, 0.3) is 5.91 Å². The largest absolute Gasteiger partial charge is 0.484 e. The molecule has 0 spiro atoms. The minimum absolute atomic E-state index is 0.0654. The van der Waals surface area contributed by atoms with Crippen LogP contribution in [0.4, 0.5) is 19.0 Å². The average molecular weight is 459 g/mol. The summed E-state index contributed by atoms with van der Waals surface area (Å²) in [5.74, 6) is 2.05. The number of carbonyl (C=O) groups excluding carboxylic acids is 1. The number of nitrogens with zero attached hydrogens (tertiary/aromatic N) is 3. The molecule has 2 aliphatic rings. The normalized spacial score (nSPS) is 16.7. The van der Waals surface area contributed by atoms with Crippen molar-refractivity contribution in [1.29, 1.82) is 0 Å². The Bertz CT molecular complexity index is 1150. The third-order valence-corrected chi connectivity index (χ3v) is 6.32. The predicted octanol–water partition coefficient (Wildman–Crippen LogP) is 4.45. The van der Waals surface area contributed by atoms with Crippen molar-refractivity contribution in [3.05, 3.63) is 53.4 Å². The van der Waals surface area contributed by atoms with E-state index in [1.54, 1.807) is 4.90 Å². The number of ether oxygens (including phenoxy) is 1. The van der Waals surface area contributed by atoms with Crippen molar-refractivity contribution in [3.63, 3.8) is 0 Å². The maximum atomic E-state index is 12.7. The number of rotatable bonds is 4. The number of pyridine rings is 1. The molecule has 33 heavy (non-hydrogen) atoms. The number of alkyl halides is 3. The maximum absolute atomic E-state index is 12.7. The Labute approximate surface area is 188 Å². The molecular formula is C24H24F3N3O3. The van der Waals surface area contributed by atoms with Gasteiger partial charge in [-0.15, -0.1) is 0 Å². The van der Waals surface area contributed by atoms with E-state index in [1.165, 1.54) is 11.6 Å². The third-order valence-electron chi connectivity index (χ3n) is 6.32. The van der Waals surface area contributed by atoms with Gasteiger partial charge in [0.05, 0.1) is 5.56 Å². The van der Waals surface area contributed by atoms with Gasteiger partial charge in [0, 0.05) is 49.7 Å². The van der Waals surface area contributed by atoms with Crippen molar-refractivity contribution in [2.75, 3.05) is 37.7 Å². The number of fused-ring (bicyclic) bond motifs is 3. The van der Waals surface area contributed by atoms with E-state index < -0.39 is 11.7 Å². The standard InChI is InChI=1S/C24H24F3N3O3/c25-24(26,27)16-5-8-22(28-14-16)29-9-11-30(12-10-29)23(31)15-32-17-6-7-21-19(13-17)18-3-1-2-4-20(18)33-21/h5-8,13-14H,1-4,9-12,15H2. The van der Waals surface area contributed by atoms with Crippen LogP contribution in [-0.4, -0.2) is 48.6 Å². The molecule has 1 amide bonds. The second kappa shape index (κ2) is 8.61. The summed E-state index contributed by atoms with van der Waals surface area (Å²) in [6, 6.07) is 8.06. The van der Waals surface area contributed by atoms with Crippen molar-refractivity contribution in [2.45, 2.75) is 31.9 Å². The fourth-order valence-electron chi connectivity index (χ4n) is 4.49. The van der Waals surface area contributed by atoms with Gasteiger partial charge in [-0.05, 0) is 49.6 Å². The lowest BCUT2D eigenvalue weighted by molar-refractivity contribution is -0.138. The lowest BCUT2D eigenvalue weighted by Crippen LogP contribution is -2.50. The monoisotopic (exact) mass is 459 g/mol. The molecule has 0 unspecified atom stereocenters. The number of benzene rings is 1. The summed E-state index contributed by atoms with van der Waals surface area (Å²) < 4.78 is 49.9. The van der Waals surface area contributed by atoms with Crippen molar-refractivity contribution in [1.82, 2.24) is 9.88 Å². The molecule has 174 valence electrons. The van der Waals surface area contributed by atoms with E-state index in [9.17, 15) is 18.0 Å². The summed E-state index contributed by atoms with van der Waals surface area (Å²) in [5.41, 5.74) is 1.33. The number of furan rings is 1. The van der Waals surface area contributed by atoms with Crippen LogP contribution in [0.3, 0.4) is 0 Å². The molecule has 0 bridgehead atoms. The van der Waals surface area contributed by atoms with Gasteiger partial charge in [0.15, 0.2) is 6.61 Å². The fourth-order valence-corrected chi connectivity index (χ4v) is 4.49. The van der Waals surface area contributed by atoms with Gasteiger partial charge in [-0.3, -0.25) is 4.79 Å². The van der Waals surface area contributed by atoms with E-state index in [0.717, 1.165) is 54.7 Å². The van der Waals surface area contributed by atoms with E-state index in [1.807, 2.05) is 23.1 Å². The minimum Gasteiger partial charge on any atom is -0.484 e. The van der Waals surface area contributed by atoms with E-state index in [4.69, 9.17) is 9.15 Å². The van der Waals surface area contributed by atoms with Gasteiger partial charge in [-0.2, -0.15) is 13.2 Å². The first-order valence-corrected chi connectivity index (χ1v) is 11.1. The first-order valence-electron chi connectivity index (χ1n) is 11.1. The highest BCUT2D eigenvalue weighted by atomic mass is 19.4. The van der Waals surface area contributed by atoms with Crippen molar-refractivity contribution >= 4 is 22.7 Å². The van der Waals surface area contributed by atoms with Crippen molar-refractivity contribution in [2.24, 2.45) is 0 Å². The molecule has 0 saturated carbocycles. The smallest absolute Gasteiger partial charge is 0.417 e. The summed E-state index contributed by atoms with van der Waals surface area (Å²) in [4.78, 5) is 20.2. The van der Waals surface area contributed by atoms with Gasteiger partial charge in [-0.25, -0.2) is 4.98 Å². The van der Waals surface area contributed by atoms with Crippen LogP contribution in [0.5, 0.6) is 5.75 Å². The molecule has 1 aliphatic carbocycles. The Balaban J connectivity index is 1.16. The summed E-state index contributed by atoms with van der Waals surface area (Å²) in [6.07, 6.45) is 0.703. The predicted molar refractivity (Wildman–Crippen MR) is 116 cm³/mol. The number of aromatic nitrogens is 1. The zero-order chi connectivity index (χ0) is 23.0. The lowest BCUT2D eigenvalue weighted by Gasteiger charge is -2.35. The van der Waals surface area contributed by atoms with Crippen LogP contribution in [0.1, 0.15) is 29.7 Å². The van der Waals surface area contributed by atoms with Gasteiger partial charge in [-0.1, -0.05) is 0 Å². The number of amides is 1. The lowest BCUT2D eigenvalue weighted by atomic mass is 9.96. The molecule has 1 aromatic carbocycles. The first-order chi connectivity index (χ1) is 15.9. The van der Waals surface area contributed by atoms with Crippen LogP contribution in [-0.2, 0) is 23.8 Å². The number of carbonyl (C=O) groups is 1. The van der Waals surface area contributed by atoms with E-state index in [0.29, 0.717) is 37.7 Å². The zero-order valence-electron chi connectivity index (χ0n) is 18.0. The second-order valence-electron chi connectivity index (χ2n) is 8.43. The Morgan fingerprint density at radius 2 is 1.85 bits per heavy atom. The Morgan fingerprint density at radius 1 is 1.06 bits per heavy atom. The molecule has 9 heteroatoms. The number of aryl methyl sites for hydroxylation is 2. The van der Waals surface area contributed by atoms with E-state index in [2.05, 4.69) is 4.98 Å². The van der Waals surface area contributed by atoms with Crippen LogP contribution in [0.15, 0.2) is 40.9 Å². The molecular weight excluding hydrogens is 435 g/mol. The van der Waals surface area contributed by atoms with Gasteiger partial charge < -0.3 is 19.0 Å². The SMILES string of the molecule is O=C(COc1ccc2oc3c(c2c1)CCCC3)N1CCN(c2ccc(C(F)(F)F)cn2)CC1. The number of anilines is 1. The molecule has 5 rings (SSSR count). The van der Waals surface area contributed by atoms with Crippen molar-refractivity contribution in [3.8, 4) is 5.75 Å². The maximum Gasteiger partial charge on any atom is 0.417 e. The van der Waals surface area contributed by atoms with Crippen LogP contribution in [0.25, 0.3) is 11.0 Å². The van der Waals surface area contributed by atoms with Crippen molar-refractivity contribution < 1.29 is 27.1 Å². The summed E-state index contributed by atoms with van der Waals surface area (Å²) in [6.45, 7) is 1.84. The Morgan fingerprint density at radius 3 is 2.58 bits per heavy atom. The van der Waals surface area contributed by atoms with Crippen LogP contribution >= 0.6 is 0 Å². The van der Waals surface area contributed by atoms with Crippen LogP contribution in [0, 0.1) is 0 Å². The molecule has 0 N–H and O–H groups in total. The highest BCUT2D eigenvalue weighted by molar-refractivity contribution is 5.84. The first kappa shape index (κ1) is 21.6. The van der Waals surface area contributed by atoms with Crippen LogP contribution < -0.4 is 9.64 Å². The highest BCUT2D eigenvalue weighted by Gasteiger charge is 2.31. The molecule has 6 nitrogen and oxygen atoms in total. The number of piperazine rings is 1. The number of hydrogen-bond acceptors (Lipinski definition) is 5. The summed E-state index contributed by atoms with van der Waals surface area (Å²) >= 11 is 0. The summed E-state index contributed by atoms with van der Waals surface area (Å²) in [7, 11) is 0. The molecule has 0 radical (unpaired) electrons. The Kier molecular flexibility index (Phi) is 5.64. The highest BCUT2D eigenvalue weighted by Crippen LogP contribution is 2.34. The second-order valence-corrected chi connectivity index (χ2v) is 8.43. The molecule has 1 aliphatic heterocycles. The molecule has 0 atom stereocenters.